The molecule has 1 aliphatic rings. The molecule has 4 aromatic rings. The van der Waals surface area contributed by atoms with E-state index in [4.69, 9.17) is 5.41 Å². The normalized spacial score (nSPS) is 9.63. The van der Waals surface area contributed by atoms with E-state index in [1.165, 1.54) is 32.9 Å². The average molecular weight is 356 g/mol. The highest BCUT2D eigenvalue weighted by atomic mass is 15.1. The van der Waals surface area contributed by atoms with Crippen LogP contribution in [0, 0.1) is 5.41 Å². The van der Waals surface area contributed by atoms with Crippen LogP contribution in [0.1, 0.15) is 5.56 Å². The highest BCUT2D eigenvalue weighted by Crippen LogP contribution is 2.33. The third-order valence-corrected chi connectivity index (χ3v) is 4.06. The van der Waals surface area contributed by atoms with Gasteiger partial charge in [0.25, 0.3) is 5.65 Å². The number of para-hydroxylation sites is 1. The number of hydrogen-bond acceptors (Lipinski definition) is 1. The van der Waals surface area contributed by atoms with Crippen LogP contribution in [0.2, 0.25) is 0 Å². The summed E-state index contributed by atoms with van der Waals surface area (Å²) < 4.78 is 4.65. The van der Waals surface area contributed by atoms with Gasteiger partial charge in [-0.3, -0.25) is 5.41 Å². The lowest BCUT2D eigenvalue weighted by molar-refractivity contribution is -0.657. The topological polar surface area (TPSA) is 32.1 Å². The van der Waals surface area contributed by atoms with Crippen LogP contribution in [0.4, 0.5) is 0 Å². The number of nitrogens with one attached hydrogen (secondary N) is 1. The number of benzene rings is 2. The van der Waals surface area contributed by atoms with Crippen molar-refractivity contribution in [2.45, 2.75) is 6.54 Å². The van der Waals surface area contributed by atoms with Gasteiger partial charge in [0.2, 0.25) is 0 Å². The molecule has 3 heteroatoms. The summed E-state index contributed by atoms with van der Waals surface area (Å²) in [6.45, 7) is 21.9. The molecule has 0 spiro atoms. The van der Waals surface area contributed by atoms with Crippen molar-refractivity contribution in [2.75, 3.05) is 0 Å². The van der Waals surface area contributed by atoms with E-state index < -0.39 is 0 Å². The Morgan fingerprint density at radius 1 is 0.889 bits per heavy atom. The van der Waals surface area contributed by atoms with Gasteiger partial charge < -0.3 is 0 Å². The van der Waals surface area contributed by atoms with Gasteiger partial charge in [-0.05, 0) is 18.5 Å². The van der Waals surface area contributed by atoms with Crippen LogP contribution in [-0.4, -0.2) is 10.3 Å². The van der Waals surface area contributed by atoms with E-state index in [1.807, 2.05) is 0 Å². The van der Waals surface area contributed by atoms with E-state index in [2.05, 4.69) is 110 Å². The minimum Gasteiger partial charge on any atom is -0.259 e. The fourth-order valence-corrected chi connectivity index (χ4v) is 3.33. The zero-order valence-electron chi connectivity index (χ0n) is 15.7. The van der Waals surface area contributed by atoms with Gasteiger partial charge in [0.15, 0.2) is 0 Å². The van der Waals surface area contributed by atoms with Crippen LogP contribution in [-0.2, 0) is 6.54 Å². The maximum absolute atomic E-state index is 5.85. The summed E-state index contributed by atoms with van der Waals surface area (Å²) in [5.74, 6) is 1.75. The zero-order valence-corrected chi connectivity index (χ0v) is 15.7. The molecule has 2 aromatic heterocycles. The van der Waals surface area contributed by atoms with Gasteiger partial charge in [-0.25, -0.2) is 4.57 Å². The summed E-state index contributed by atoms with van der Waals surface area (Å²) >= 11 is 0. The molecule has 1 aliphatic heterocycles. The Morgan fingerprint density at radius 3 is 2.15 bits per heavy atom. The van der Waals surface area contributed by atoms with E-state index in [9.17, 15) is 0 Å². The Morgan fingerprint density at radius 2 is 1.48 bits per heavy atom. The molecule has 3 nitrogen and oxygen atoms in total. The molecule has 0 atom stereocenters. The van der Waals surface area contributed by atoms with Crippen molar-refractivity contribution in [3.05, 3.63) is 106 Å². The van der Waals surface area contributed by atoms with Crippen LogP contribution in [0.3, 0.4) is 0 Å². The first-order chi connectivity index (χ1) is 13.3. The lowest BCUT2D eigenvalue weighted by Crippen LogP contribution is -2.28. The predicted octanol–water partition coefficient (Wildman–Crippen LogP) is 5.72. The van der Waals surface area contributed by atoms with Crippen molar-refractivity contribution in [3.63, 3.8) is 0 Å². The summed E-state index contributed by atoms with van der Waals surface area (Å²) in [5, 5.41) is 9.98. The van der Waals surface area contributed by atoms with Crippen molar-refractivity contribution in [3.8, 4) is 0 Å². The van der Waals surface area contributed by atoms with Gasteiger partial charge in [-0.15, -0.1) is 39.5 Å². The SMILES string of the molecule is C=C.C=C.C=C.C=C=N.c1cc2c3c(c1)c1ccccc1n1cc[n+](c31)C2. The summed E-state index contributed by atoms with van der Waals surface area (Å²) in [6, 6.07) is 15.3. The standard InChI is InChI=1S/C16H11N2.C2H3N.3C2H4/c1-2-7-14-12(5-1)13-6-3-4-11-10-17-8-9-18(14)16(17)15(11)13;1-2-3;3*1-2/h1-9H,10H2;3H,1H2;3*1-2H2/q+1;;;;. The molecule has 5 rings (SSSR count). The molecule has 0 amide bonds. The smallest absolute Gasteiger partial charge is 0.259 e. The van der Waals surface area contributed by atoms with Gasteiger partial charge in [0, 0.05) is 16.3 Å². The minimum absolute atomic E-state index is 0.999. The number of rotatable bonds is 0. The maximum Gasteiger partial charge on any atom is 0.295 e. The third-order valence-electron chi connectivity index (χ3n) is 4.06. The van der Waals surface area contributed by atoms with E-state index in [-0.39, 0.29) is 0 Å². The van der Waals surface area contributed by atoms with Crippen molar-refractivity contribution >= 4 is 33.2 Å². The molecular formula is C24H26N3+. The Labute approximate surface area is 161 Å². The highest BCUT2D eigenvalue weighted by molar-refractivity contribution is 6.12. The second-order valence-corrected chi connectivity index (χ2v) is 5.15. The molecule has 0 fully saturated rings. The van der Waals surface area contributed by atoms with E-state index in [0.29, 0.717) is 0 Å². The molecule has 0 aliphatic carbocycles. The molecule has 0 bridgehead atoms. The summed E-state index contributed by atoms with van der Waals surface area (Å²) in [6.07, 6.45) is 4.36. The molecule has 2 aromatic carbocycles. The summed E-state index contributed by atoms with van der Waals surface area (Å²) in [7, 11) is 0. The van der Waals surface area contributed by atoms with E-state index >= 15 is 0 Å². The van der Waals surface area contributed by atoms with E-state index in [0.717, 1.165) is 6.54 Å². The summed E-state index contributed by atoms with van der Waals surface area (Å²) in [5.41, 5.74) is 4.06. The molecule has 0 unspecified atom stereocenters. The van der Waals surface area contributed by atoms with Gasteiger partial charge in [0.05, 0.1) is 5.39 Å². The Bertz CT molecular complexity index is 1080. The maximum atomic E-state index is 5.85. The number of fused-ring (bicyclic) bond motifs is 3. The lowest BCUT2D eigenvalue weighted by Gasteiger charge is -2.02. The average Bonchev–Trinajstić information content (AvgIpc) is 3.33. The second-order valence-electron chi connectivity index (χ2n) is 5.15. The van der Waals surface area contributed by atoms with Gasteiger partial charge in [-0.1, -0.05) is 36.4 Å². The van der Waals surface area contributed by atoms with Crippen LogP contribution >= 0.6 is 0 Å². The molecule has 0 saturated carbocycles. The second kappa shape index (κ2) is 10.3. The first-order valence-corrected chi connectivity index (χ1v) is 8.37. The van der Waals surface area contributed by atoms with Crippen LogP contribution in [0.25, 0.3) is 27.3 Å². The Balaban J connectivity index is 0.000000357. The third kappa shape index (κ3) is 3.64. The van der Waals surface area contributed by atoms with Gasteiger partial charge in [-0.2, -0.15) is 4.40 Å². The van der Waals surface area contributed by atoms with Crippen molar-refractivity contribution < 1.29 is 4.57 Å². The Kier molecular flexibility index (Phi) is 8.18. The zero-order chi connectivity index (χ0) is 20.4. The highest BCUT2D eigenvalue weighted by Gasteiger charge is 2.26. The molecular weight excluding hydrogens is 330 g/mol. The van der Waals surface area contributed by atoms with Crippen LogP contribution < -0.4 is 4.57 Å². The van der Waals surface area contributed by atoms with Crippen molar-refractivity contribution in [1.82, 2.24) is 4.40 Å². The number of aromatic nitrogens is 2. The quantitative estimate of drug-likeness (QED) is 0.159. The van der Waals surface area contributed by atoms with Crippen molar-refractivity contribution in [2.24, 2.45) is 0 Å². The fourth-order valence-electron chi connectivity index (χ4n) is 3.33. The van der Waals surface area contributed by atoms with Crippen LogP contribution in [0.5, 0.6) is 0 Å². The van der Waals surface area contributed by atoms with Gasteiger partial charge >= 0.3 is 0 Å². The number of hydrogen-bond donors (Lipinski definition) is 1. The summed E-state index contributed by atoms with van der Waals surface area (Å²) in [4.78, 5) is 0. The van der Waals surface area contributed by atoms with Crippen LogP contribution in [0.15, 0.2) is 101 Å². The monoisotopic (exact) mass is 356 g/mol. The van der Waals surface area contributed by atoms with Gasteiger partial charge in [0.1, 0.15) is 24.5 Å². The number of imidazole rings is 1. The molecule has 0 radical (unpaired) electrons. The number of nitrogens with zero attached hydrogens (tertiary/aromatic N) is 2. The molecule has 3 heterocycles. The lowest BCUT2D eigenvalue weighted by atomic mass is 10.0. The largest absolute Gasteiger partial charge is 0.295 e. The fraction of sp³-hybridized carbons (Fsp3) is 0.0417. The molecule has 27 heavy (non-hydrogen) atoms. The Hall–Kier alpha value is -3.68. The van der Waals surface area contributed by atoms with E-state index in [1.54, 1.807) is 5.87 Å². The first-order valence-electron chi connectivity index (χ1n) is 8.37. The predicted molar refractivity (Wildman–Crippen MR) is 119 cm³/mol. The van der Waals surface area contributed by atoms with Crippen molar-refractivity contribution in [1.29, 1.82) is 5.41 Å². The molecule has 136 valence electrons. The molecule has 1 N–H and O–H groups in total. The first kappa shape index (κ1) is 21.4. The number of pyridine rings is 1. The molecule has 0 saturated heterocycles. The minimum atomic E-state index is 0.999.